The summed E-state index contributed by atoms with van der Waals surface area (Å²) in [5.74, 6) is -1.41. The highest BCUT2D eigenvalue weighted by Gasteiger charge is 2.33. The molecule has 0 aliphatic rings. The number of benzene rings is 1. The number of amides is 1. The highest BCUT2D eigenvalue weighted by atomic mass is 19.4. The molecule has 0 bridgehead atoms. The number of anilines is 1. The van der Waals surface area contributed by atoms with Gasteiger partial charge in [-0.3, -0.25) is 4.79 Å². The zero-order valence-corrected chi connectivity index (χ0v) is 6.73. The molecule has 0 aromatic heterocycles. The van der Waals surface area contributed by atoms with Gasteiger partial charge in [-0.05, 0) is 18.2 Å². The molecule has 0 aliphatic carbocycles. The summed E-state index contributed by atoms with van der Waals surface area (Å²) >= 11 is 0. The van der Waals surface area contributed by atoms with Crippen LogP contribution in [-0.2, 0) is 11.0 Å². The van der Waals surface area contributed by atoms with Gasteiger partial charge in [0.25, 0.3) is 0 Å². The maximum atomic E-state index is 12.8. The molecular weight excluding hydrogens is 202 g/mol. The average Bonchev–Trinajstić information content (AvgIpc) is 2.02. The zero-order valence-electron chi connectivity index (χ0n) is 6.73. The summed E-state index contributed by atoms with van der Waals surface area (Å²) in [6.07, 6.45) is -4.47. The van der Waals surface area contributed by atoms with Crippen molar-refractivity contribution in [1.82, 2.24) is 0 Å². The first kappa shape index (κ1) is 10.5. The van der Waals surface area contributed by atoms with E-state index in [1.807, 2.05) is 5.32 Å². The molecule has 76 valence electrons. The summed E-state index contributed by atoms with van der Waals surface area (Å²) in [5.41, 5.74) is -1.38. The number of hydrogen-bond donors (Lipinski definition) is 1. The van der Waals surface area contributed by atoms with Gasteiger partial charge in [-0.1, -0.05) is 0 Å². The van der Waals surface area contributed by atoms with Gasteiger partial charge in [0.15, 0.2) is 0 Å². The maximum Gasteiger partial charge on any atom is 0.419 e. The standard InChI is InChI=1S/C8H5F4NO/c9-7-3-5(13-4-14)1-2-6(7)8(10,11)12/h1-4H,(H,13,14). The number of nitrogens with one attached hydrogen (secondary N) is 1. The molecule has 0 unspecified atom stereocenters. The van der Waals surface area contributed by atoms with Gasteiger partial charge in [-0.2, -0.15) is 13.2 Å². The predicted octanol–water partition coefficient (Wildman–Crippen LogP) is 2.41. The Labute approximate surface area is 76.5 Å². The van der Waals surface area contributed by atoms with E-state index in [0.29, 0.717) is 12.1 Å². The molecule has 0 aliphatic heterocycles. The second-order valence-electron chi connectivity index (χ2n) is 2.45. The van der Waals surface area contributed by atoms with Crippen molar-refractivity contribution < 1.29 is 22.4 Å². The predicted molar refractivity (Wildman–Crippen MR) is 41.1 cm³/mol. The minimum atomic E-state index is -4.72. The van der Waals surface area contributed by atoms with Gasteiger partial charge < -0.3 is 5.32 Å². The smallest absolute Gasteiger partial charge is 0.329 e. The largest absolute Gasteiger partial charge is 0.419 e. The van der Waals surface area contributed by atoms with E-state index >= 15 is 0 Å². The molecule has 2 nitrogen and oxygen atoms in total. The lowest BCUT2D eigenvalue weighted by Crippen LogP contribution is -2.08. The van der Waals surface area contributed by atoms with E-state index in [1.54, 1.807) is 0 Å². The lowest BCUT2D eigenvalue weighted by atomic mass is 10.2. The summed E-state index contributed by atoms with van der Waals surface area (Å²) in [5, 5.41) is 2.04. The molecule has 0 heterocycles. The summed E-state index contributed by atoms with van der Waals surface area (Å²) in [6.45, 7) is 0. The Kier molecular flexibility index (Phi) is 2.73. The van der Waals surface area contributed by atoms with Crippen LogP contribution in [0.5, 0.6) is 0 Å². The van der Waals surface area contributed by atoms with Gasteiger partial charge in [-0.25, -0.2) is 4.39 Å². The Hall–Kier alpha value is -1.59. The van der Waals surface area contributed by atoms with Crippen LogP contribution in [-0.4, -0.2) is 6.41 Å². The third-order valence-electron chi connectivity index (χ3n) is 1.50. The lowest BCUT2D eigenvalue weighted by molar-refractivity contribution is -0.139. The number of hydrogen-bond acceptors (Lipinski definition) is 1. The number of carbonyl (C=O) groups is 1. The van der Waals surface area contributed by atoms with Gasteiger partial charge in [-0.15, -0.1) is 0 Å². The van der Waals surface area contributed by atoms with Crippen LogP contribution in [0.1, 0.15) is 5.56 Å². The SMILES string of the molecule is O=CNc1ccc(C(F)(F)F)c(F)c1. The fourth-order valence-corrected chi connectivity index (χ4v) is 0.903. The normalized spacial score (nSPS) is 11.1. The average molecular weight is 207 g/mol. The number of halogens is 4. The quantitative estimate of drug-likeness (QED) is 0.585. The molecular formula is C8H5F4NO. The molecule has 0 atom stereocenters. The van der Waals surface area contributed by atoms with Gasteiger partial charge in [0.1, 0.15) is 5.82 Å². The monoisotopic (exact) mass is 207 g/mol. The zero-order chi connectivity index (χ0) is 10.8. The van der Waals surface area contributed by atoms with Crippen molar-refractivity contribution in [2.45, 2.75) is 6.18 Å². The second-order valence-corrected chi connectivity index (χ2v) is 2.45. The Balaban J connectivity index is 3.07. The minimum Gasteiger partial charge on any atom is -0.329 e. The van der Waals surface area contributed by atoms with Crippen molar-refractivity contribution in [2.24, 2.45) is 0 Å². The first-order chi connectivity index (χ1) is 6.45. The van der Waals surface area contributed by atoms with Crippen molar-refractivity contribution in [2.75, 3.05) is 5.32 Å². The van der Waals surface area contributed by atoms with Crippen LogP contribution in [0.2, 0.25) is 0 Å². The van der Waals surface area contributed by atoms with Crippen molar-refractivity contribution in [3.8, 4) is 0 Å². The topological polar surface area (TPSA) is 29.1 Å². The molecule has 0 spiro atoms. The molecule has 0 fully saturated rings. The van der Waals surface area contributed by atoms with Crippen molar-refractivity contribution >= 4 is 12.1 Å². The van der Waals surface area contributed by atoms with Gasteiger partial charge in [0.05, 0.1) is 5.56 Å². The van der Waals surface area contributed by atoms with Crippen molar-refractivity contribution in [3.63, 3.8) is 0 Å². The van der Waals surface area contributed by atoms with Crippen molar-refractivity contribution in [3.05, 3.63) is 29.6 Å². The van der Waals surface area contributed by atoms with E-state index in [1.165, 1.54) is 0 Å². The number of carbonyl (C=O) groups excluding carboxylic acids is 1. The fourth-order valence-electron chi connectivity index (χ4n) is 0.903. The van der Waals surface area contributed by atoms with E-state index in [4.69, 9.17) is 0 Å². The highest BCUT2D eigenvalue weighted by Crippen LogP contribution is 2.32. The van der Waals surface area contributed by atoms with Gasteiger partial charge in [0.2, 0.25) is 6.41 Å². The molecule has 14 heavy (non-hydrogen) atoms. The number of rotatable bonds is 2. The fraction of sp³-hybridized carbons (Fsp3) is 0.125. The van der Waals surface area contributed by atoms with E-state index in [9.17, 15) is 22.4 Å². The van der Waals surface area contributed by atoms with Crippen LogP contribution in [0.4, 0.5) is 23.2 Å². The molecule has 6 heteroatoms. The summed E-state index contributed by atoms with van der Waals surface area (Å²) in [7, 11) is 0. The Morgan fingerprint density at radius 3 is 2.36 bits per heavy atom. The van der Waals surface area contributed by atoms with E-state index in [2.05, 4.69) is 0 Å². The van der Waals surface area contributed by atoms with E-state index in [0.717, 1.165) is 6.07 Å². The Morgan fingerprint density at radius 2 is 1.93 bits per heavy atom. The van der Waals surface area contributed by atoms with Crippen LogP contribution < -0.4 is 5.32 Å². The van der Waals surface area contributed by atoms with Crippen LogP contribution >= 0.6 is 0 Å². The summed E-state index contributed by atoms with van der Waals surface area (Å²) in [6, 6.07) is 2.15. The molecule has 1 aromatic rings. The summed E-state index contributed by atoms with van der Waals surface area (Å²) < 4.78 is 48.9. The third kappa shape index (κ3) is 2.21. The van der Waals surface area contributed by atoms with Crippen LogP contribution in [0.25, 0.3) is 0 Å². The van der Waals surface area contributed by atoms with Crippen LogP contribution in [0.3, 0.4) is 0 Å². The summed E-state index contributed by atoms with van der Waals surface area (Å²) in [4.78, 5) is 9.91. The molecule has 0 saturated carbocycles. The highest BCUT2D eigenvalue weighted by molar-refractivity contribution is 5.71. The van der Waals surface area contributed by atoms with E-state index < -0.39 is 17.6 Å². The molecule has 1 N–H and O–H groups in total. The third-order valence-corrected chi connectivity index (χ3v) is 1.50. The maximum absolute atomic E-state index is 12.8. The molecule has 1 rings (SSSR count). The molecule has 0 radical (unpaired) electrons. The van der Waals surface area contributed by atoms with Crippen molar-refractivity contribution in [1.29, 1.82) is 0 Å². The molecule has 1 aromatic carbocycles. The van der Waals surface area contributed by atoms with Gasteiger partial charge in [0, 0.05) is 5.69 Å². The van der Waals surface area contributed by atoms with Gasteiger partial charge >= 0.3 is 6.18 Å². The first-order valence-electron chi connectivity index (χ1n) is 3.52. The minimum absolute atomic E-state index is 0.0227. The van der Waals surface area contributed by atoms with Crippen LogP contribution in [0.15, 0.2) is 18.2 Å². The molecule has 1 amide bonds. The molecule has 0 saturated heterocycles. The Bertz CT molecular complexity index is 348. The Morgan fingerprint density at radius 1 is 1.29 bits per heavy atom. The number of alkyl halides is 3. The first-order valence-corrected chi connectivity index (χ1v) is 3.52. The second kappa shape index (κ2) is 3.65. The van der Waals surface area contributed by atoms with Crippen LogP contribution in [0, 0.1) is 5.82 Å². The van der Waals surface area contributed by atoms with E-state index in [-0.39, 0.29) is 12.1 Å². The lowest BCUT2D eigenvalue weighted by Gasteiger charge is -2.08.